The van der Waals surface area contributed by atoms with Crippen molar-refractivity contribution in [1.82, 2.24) is 9.80 Å². The zero-order valence-corrected chi connectivity index (χ0v) is 34.3. The summed E-state index contributed by atoms with van der Waals surface area (Å²) in [7, 11) is 0. The predicted octanol–water partition coefficient (Wildman–Crippen LogP) is 9.04. The van der Waals surface area contributed by atoms with Crippen LogP contribution in [-0.2, 0) is 9.47 Å². The third kappa shape index (κ3) is 18.8. The molecule has 0 aliphatic carbocycles. The van der Waals surface area contributed by atoms with Gasteiger partial charge in [0.15, 0.2) is 11.5 Å². The quantitative estimate of drug-likeness (QED) is 0.0575. The van der Waals surface area contributed by atoms with E-state index in [1.807, 2.05) is 12.1 Å². The maximum Gasteiger partial charge on any atom is 0.338 e. The Morgan fingerprint density at radius 2 is 1.12 bits per heavy atom. The van der Waals surface area contributed by atoms with Crippen LogP contribution in [0.3, 0.4) is 0 Å². The van der Waals surface area contributed by atoms with E-state index in [1.54, 1.807) is 0 Å². The Kier molecular flexibility index (Phi) is 26.0. The van der Waals surface area contributed by atoms with Gasteiger partial charge in [0.05, 0.1) is 51.8 Å². The molecule has 3 atom stereocenters. The molecule has 0 spiro atoms. The van der Waals surface area contributed by atoms with Gasteiger partial charge in [0.25, 0.3) is 0 Å². The summed E-state index contributed by atoms with van der Waals surface area (Å²) in [6.45, 7) is 22.7. The highest BCUT2D eigenvalue weighted by Gasteiger charge is 2.23. The summed E-state index contributed by atoms with van der Waals surface area (Å²) in [6, 6.07) is 3.65. The molecule has 9 heteroatoms. The van der Waals surface area contributed by atoms with Crippen LogP contribution in [0, 0.1) is 17.8 Å². The highest BCUT2D eigenvalue weighted by atomic mass is 16.5. The molecule has 9 nitrogen and oxygen atoms in total. The van der Waals surface area contributed by atoms with E-state index in [1.165, 1.54) is 25.7 Å². The van der Waals surface area contributed by atoms with Crippen molar-refractivity contribution < 1.29 is 33.6 Å². The van der Waals surface area contributed by atoms with Gasteiger partial charge in [-0.15, -0.1) is 0 Å². The fourth-order valence-electron chi connectivity index (χ4n) is 6.64. The van der Waals surface area contributed by atoms with Gasteiger partial charge in [0.2, 0.25) is 5.75 Å². The van der Waals surface area contributed by atoms with Gasteiger partial charge in [-0.2, -0.15) is 0 Å². The lowest BCUT2D eigenvalue weighted by Gasteiger charge is -2.34. The number of hydrogen-bond acceptors (Lipinski definition) is 9. The first-order valence-corrected chi connectivity index (χ1v) is 21.3. The molecule has 302 valence electrons. The SMILES string of the molecule is CCCCC(CC)COc1cc(C(=O)OCCCCN2CCN(CCOCCO)CC2)cc(OCC(CC)CCCC)c1OCC(CC)CCCC. The minimum atomic E-state index is -0.344. The van der Waals surface area contributed by atoms with Crippen LogP contribution in [0.25, 0.3) is 0 Å². The van der Waals surface area contributed by atoms with Gasteiger partial charge < -0.3 is 33.7 Å². The molecular weight excluding hydrogens is 656 g/mol. The summed E-state index contributed by atoms with van der Waals surface area (Å²) in [6.07, 6.45) is 15.3. The van der Waals surface area contributed by atoms with Crippen LogP contribution in [0.4, 0.5) is 0 Å². The number of benzene rings is 1. The fourth-order valence-corrected chi connectivity index (χ4v) is 6.64. The maximum atomic E-state index is 13.6. The highest BCUT2D eigenvalue weighted by Crippen LogP contribution is 2.41. The number of nitrogens with zero attached hydrogens (tertiary/aromatic N) is 2. The number of carbonyl (C=O) groups is 1. The first-order valence-electron chi connectivity index (χ1n) is 21.3. The summed E-state index contributed by atoms with van der Waals surface area (Å²) in [5.74, 6) is 2.79. The molecule has 0 radical (unpaired) electrons. The van der Waals surface area contributed by atoms with Gasteiger partial charge in [0, 0.05) is 32.7 Å². The van der Waals surface area contributed by atoms with Crippen molar-refractivity contribution in [1.29, 1.82) is 0 Å². The van der Waals surface area contributed by atoms with Crippen LogP contribution in [0.2, 0.25) is 0 Å². The number of esters is 1. The van der Waals surface area contributed by atoms with E-state index in [-0.39, 0.29) is 12.6 Å². The fraction of sp³-hybridized carbons (Fsp3) is 0.837. The molecule has 1 aromatic rings. The summed E-state index contributed by atoms with van der Waals surface area (Å²) in [5.41, 5.74) is 0.456. The monoisotopic (exact) mass is 735 g/mol. The Labute approximate surface area is 318 Å². The highest BCUT2D eigenvalue weighted by molar-refractivity contribution is 5.91. The maximum absolute atomic E-state index is 13.6. The number of unbranched alkanes of at least 4 members (excludes halogenated alkanes) is 4. The molecule has 2 rings (SSSR count). The van der Waals surface area contributed by atoms with E-state index in [2.05, 4.69) is 51.3 Å². The van der Waals surface area contributed by atoms with Crippen LogP contribution >= 0.6 is 0 Å². The van der Waals surface area contributed by atoms with E-state index in [9.17, 15) is 4.79 Å². The summed E-state index contributed by atoms with van der Waals surface area (Å²) in [5, 5.41) is 8.88. The normalized spacial score (nSPS) is 15.7. The summed E-state index contributed by atoms with van der Waals surface area (Å²) >= 11 is 0. The third-order valence-electron chi connectivity index (χ3n) is 10.7. The molecule has 0 aromatic heterocycles. The van der Waals surface area contributed by atoms with Crippen LogP contribution in [-0.4, -0.2) is 106 Å². The lowest BCUT2D eigenvalue weighted by atomic mass is 10.00. The molecule has 0 amide bonds. The van der Waals surface area contributed by atoms with Crippen molar-refractivity contribution in [2.45, 2.75) is 131 Å². The molecule has 1 fully saturated rings. The molecule has 1 N–H and O–H groups in total. The number of ether oxygens (including phenoxy) is 5. The molecular formula is C43H78N2O7. The lowest BCUT2D eigenvalue weighted by Crippen LogP contribution is -2.47. The van der Waals surface area contributed by atoms with Crippen LogP contribution in [0.1, 0.15) is 142 Å². The Balaban J connectivity index is 2.15. The third-order valence-corrected chi connectivity index (χ3v) is 10.7. The van der Waals surface area contributed by atoms with Crippen molar-refractivity contribution in [3.8, 4) is 17.2 Å². The van der Waals surface area contributed by atoms with Gasteiger partial charge in [-0.3, -0.25) is 4.90 Å². The average Bonchev–Trinajstić information content (AvgIpc) is 3.17. The molecule has 1 heterocycles. The van der Waals surface area contributed by atoms with E-state index >= 15 is 0 Å². The first-order chi connectivity index (χ1) is 25.4. The van der Waals surface area contributed by atoms with Gasteiger partial charge in [-0.05, 0) is 68.5 Å². The largest absolute Gasteiger partial charge is 0.489 e. The number of aliphatic hydroxyl groups excluding tert-OH is 1. The standard InChI is InChI=1S/C43H78N2O7/c1-7-13-18-36(10-4)33-50-40-31-39(43(47)49-28-17-16-21-44-22-24-45(25-23-44)26-29-48-30-27-46)32-41(51-34-37(11-5)19-14-8-2)42(40)52-35-38(12-6)20-15-9-3/h31-32,36-38,46H,7-30,33-35H2,1-6H3. The molecule has 1 aliphatic heterocycles. The Hall–Kier alpha value is -2.07. The zero-order chi connectivity index (χ0) is 37.8. The number of aliphatic hydroxyl groups is 1. The van der Waals surface area contributed by atoms with Crippen molar-refractivity contribution in [2.24, 2.45) is 17.8 Å². The van der Waals surface area contributed by atoms with Crippen LogP contribution in [0.5, 0.6) is 17.2 Å². The Bertz CT molecular complexity index is 992. The minimum Gasteiger partial charge on any atom is -0.489 e. The first kappa shape index (κ1) is 46.1. The van der Waals surface area contributed by atoms with E-state index in [4.69, 9.17) is 28.8 Å². The van der Waals surface area contributed by atoms with Gasteiger partial charge in [-0.1, -0.05) is 99.3 Å². The van der Waals surface area contributed by atoms with E-state index < -0.39 is 0 Å². The second-order valence-corrected chi connectivity index (χ2v) is 14.8. The molecule has 1 saturated heterocycles. The Morgan fingerprint density at radius 1 is 0.635 bits per heavy atom. The predicted molar refractivity (Wildman–Crippen MR) is 213 cm³/mol. The number of hydrogen-bond donors (Lipinski definition) is 1. The molecule has 0 bridgehead atoms. The van der Waals surface area contributed by atoms with Gasteiger partial charge in [-0.25, -0.2) is 4.79 Å². The summed E-state index contributed by atoms with van der Waals surface area (Å²) in [4.78, 5) is 18.5. The number of piperazine rings is 1. The van der Waals surface area contributed by atoms with Gasteiger partial charge in [0.1, 0.15) is 0 Å². The molecule has 1 aromatic carbocycles. The van der Waals surface area contributed by atoms with Crippen molar-refractivity contribution in [2.75, 3.05) is 85.5 Å². The second-order valence-electron chi connectivity index (χ2n) is 14.8. The Morgan fingerprint density at radius 3 is 1.58 bits per heavy atom. The number of rotatable bonds is 32. The minimum absolute atomic E-state index is 0.0746. The zero-order valence-electron chi connectivity index (χ0n) is 34.3. The molecule has 1 aliphatic rings. The van der Waals surface area contributed by atoms with E-state index in [0.29, 0.717) is 80.2 Å². The van der Waals surface area contributed by atoms with Crippen molar-refractivity contribution >= 4 is 5.97 Å². The average molecular weight is 735 g/mol. The lowest BCUT2D eigenvalue weighted by molar-refractivity contribution is 0.0480. The van der Waals surface area contributed by atoms with Crippen molar-refractivity contribution in [3.05, 3.63) is 17.7 Å². The molecule has 0 saturated carbocycles. The van der Waals surface area contributed by atoms with E-state index in [0.717, 1.165) is 103 Å². The molecule has 52 heavy (non-hydrogen) atoms. The smallest absolute Gasteiger partial charge is 0.338 e. The van der Waals surface area contributed by atoms with Gasteiger partial charge >= 0.3 is 5.97 Å². The number of carbonyl (C=O) groups excluding carboxylic acids is 1. The molecule has 3 unspecified atom stereocenters. The van der Waals surface area contributed by atoms with Crippen molar-refractivity contribution in [3.63, 3.8) is 0 Å². The van der Waals surface area contributed by atoms with Crippen LogP contribution < -0.4 is 14.2 Å². The van der Waals surface area contributed by atoms with Crippen LogP contribution in [0.15, 0.2) is 12.1 Å². The topological polar surface area (TPSA) is 89.9 Å². The second kappa shape index (κ2) is 29.3. The summed E-state index contributed by atoms with van der Waals surface area (Å²) < 4.78 is 31.1.